The molecule has 0 saturated heterocycles. The molecule has 0 aromatic carbocycles. The predicted molar refractivity (Wildman–Crippen MR) is 251 cm³/mol. The summed E-state index contributed by atoms with van der Waals surface area (Å²) in [5.74, 6) is -0.215. The number of unbranched alkanes of at least 4 members (excludes halogenated alkanes) is 25. The third-order valence-electron chi connectivity index (χ3n) is 10.7. The normalized spacial score (nSPS) is 14.6. The topological polar surface area (TPSA) is 108 Å². The van der Waals surface area contributed by atoms with Crippen molar-refractivity contribution in [2.24, 2.45) is 0 Å². The van der Waals surface area contributed by atoms with Gasteiger partial charge in [-0.3, -0.25) is 9.36 Å². The smallest absolute Gasteiger partial charge is 0.268 e. The lowest BCUT2D eigenvalue weighted by molar-refractivity contribution is -0.870. The van der Waals surface area contributed by atoms with Crippen molar-refractivity contribution in [2.45, 2.75) is 225 Å². The Bertz CT molecular complexity index is 1100. The molecule has 0 spiro atoms. The number of allylic oxidation sites excluding steroid dienone is 7. The summed E-state index contributed by atoms with van der Waals surface area (Å²) in [5, 5.41) is 13.7. The number of phosphoric acid groups is 1. The lowest BCUT2D eigenvalue weighted by atomic mass is 10.0. The van der Waals surface area contributed by atoms with Crippen LogP contribution in [0.1, 0.15) is 213 Å². The van der Waals surface area contributed by atoms with Crippen LogP contribution in [0, 0.1) is 0 Å². The van der Waals surface area contributed by atoms with Gasteiger partial charge in [0.15, 0.2) is 0 Å². The second-order valence-corrected chi connectivity index (χ2v) is 19.2. The van der Waals surface area contributed by atoms with Crippen LogP contribution in [-0.2, 0) is 18.4 Å². The van der Waals surface area contributed by atoms with E-state index in [0.29, 0.717) is 17.4 Å². The van der Waals surface area contributed by atoms with Crippen molar-refractivity contribution < 1.29 is 32.9 Å². The number of likely N-dealkylation sites (N-methyl/N-ethyl adjacent to an activating group) is 1. The third kappa shape index (κ3) is 44.3. The molecule has 9 heteroatoms. The molecule has 2 N–H and O–H groups in total. The Morgan fingerprint density at radius 1 is 0.576 bits per heavy atom. The Balaban J connectivity index is 4.24. The second-order valence-electron chi connectivity index (χ2n) is 17.8. The molecule has 1 amide bonds. The molecule has 0 aromatic rings. The first-order valence-electron chi connectivity index (χ1n) is 24.5. The first-order valence-corrected chi connectivity index (χ1v) is 26.0. The van der Waals surface area contributed by atoms with E-state index >= 15 is 0 Å². The van der Waals surface area contributed by atoms with Crippen molar-refractivity contribution in [1.29, 1.82) is 0 Å². The van der Waals surface area contributed by atoms with Crippen LogP contribution in [-0.4, -0.2) is 68.5 Å². The van der Waals surface area contributed by atoms with Crippen LogP contribution in [0.4, 0.5) is 0 Å². The zero-order valence-electron chi connectivity index (χ0n) is 39.2. The number of nitrogens with zero attached hydrogens (tertiary/aromatic N) is 1. The van der Waals surface area contributed by atoms with Crippen molar-refractivity contribution in [3.05, 3.63) is 48.6 Å². The molecule has 3 atom stereocenters. The molecule has 3 unspecified atom stereocenters. The second kappa shape index (κ2) is 41.8. The summed E-state index contributed by atoms with van der Waals surface area (Å²) in [7, 11) is 1.23. The van der Waals surface area contributed by atoms with Gasteiger partial charge in [-0.15, -0.1) is 0 Å². The summed E-state index contributed by atoms with van der Waals surface area (Å²) in [6, 6.07) is -0.909. The predicted octanol–water partition coefficient (Wildman–Crippen LogP) is 13.4. The first-order chi connectivity index (χ1) is 28.5. The summed E-state index contributed by atoms with van der Waals surface area (Å²) in [5.41, 5.74) is 0. The molecular weight excluding hydrogens is 756 g/mol. The molecule has 8 nitrogen and oxygen atoms in total. The van der Waals surface area contributed by atoms with Crippen molar-refractivity contribution in [2.75, 3.05) is 40.9 Å². The van der Waals surface area contributed by atoms with E-state index in [4.69, 9.17) is 9.05 Å². The SMILES string of the molecule is CCCC/C=C/CC/C=C/CC/C=C/C(O)C(COP(=O)([O-])OCC[N+](C)(C)C)NC(=O)CCCCCCCCCCC/C=C\CCCCCCCCCCCCCC. The van der Waals surface area contributed by atoms with E-state index in [2.05, 4.69) is 55.6 Å². The highest BCUT2D eigenvalue weighted by Gasteiger charge is 2.23. The Morgan fingerprint density at radius 2 is 0.966 bits per heavy atom. The van der Waals surface area contributed by atoms with Gasteiger partial charge in [0, 0.05) is 6.42 Å². The maximum atomic E-state index is 12.9. The molecule has 0 aliphatic heterocycles. The minimum atomic E-state index is -4.60. The Hall–Kier alpha value is -1.54. The molecule has 0 fully saturated rings. The maximum absolute atomic E-state index is 12.9. The maximum Gasteiger partial charge on any atom is 0.268 e. The van der Waals surface area contributed by atoms with Gasteiger partial charge in [0.25, 0.3) is 7.82 Å². The van der Waals surface area contributed by atoms with Crippen LogP contribution in [0.25, 0.3) is 0 Å². The minimum absolute atomic E-state index is 0.0103. The number of nitrogens with one attached hydrogen (secondary N) is 1. The summed E-state index contributed by atoms with van der Waals surface area (Å²) in [4.78, 5) is 25.3. The minimum Gasteiger partial charge on any atom is -0.756 e. The number of rotatable bonds is 44. The Morgan fingerprint density at radius 3 is 1.42 bits per heavy atom. The lowest BCUT2D eigenvalue weighted by Gasteiger charge is -2.29. The van der Waals surface area contributed by atoms with Crippen LogP contribution < -0.4 is 10.2 Å². The van der Waals surface area contributed by atoms with Gasteiger partial charge in [-0.25, -0.2) is 0 Å². The number of hydrogen-bond acceptors (Lipinski definition) is 6. The number of phosphoric ester groups is 1. The molecular formula is C50H95N2O6P. The fraction of sp³-hybridized carbons (Fsp3) is 0.820. The Kier molecular flexibility index (Phi) is 40.7. The van der Waals surface area contributed by atoms with E-state index in [9.17, 15) is 19.4 Å². The van der Waals surface area contributed by atoms with E-state index in [0.717, 1.165) is 51.4 Å². The highest BCUT2D eigenvalue weighted by molar-refractivity contribution is 7.45. The quantitative estimate of drug-likeness (QED) is 0.0274. The molecule has 0 aliphatic carbocycles. The van der Waals surface area contributed by atoms with Gasteiger partial charge in [-0.1, -0.05) is 191 Å². The van der Waals surface area contributed by atoms with E-state index in [1.165, 1.54) is 141 Å². The van der Waals surface area contributed by atoms with E-state index in [1.54, 1.807) is 6.08 Å². The standard InChI is InChI=1S/C50H95N2O6P/c1-6-8-10-12-14-16-18-20-21-22-23-24-25-26-27-28-29-30-31-32-34-36-38-40-42-44-50(54)51-48(47-58-59(55,56)57-46-45-52(3,4)5)49(53)43-41-39-37-35-33-19-17-15-13-11-9-7-2/h13,15,26-27,33,35,41,43,48-49,53H,6-12,14,16-25,28-32,34,36-40,42,44-47H2,1-5H3,(H-,51,54,55,56)/b15-13+,27-26-,35-33+,43-41+. The van der Waals surface area contributed by atoms with Crippen LogP contribution in [0.3, 0.4) is 0 Å². The highest BCUT2D eigenvalue weighted by Crippen LogP contribution is 2.38. The fourth-order valence-corrected chi connectivity index (χ4v) is 7.54. The molecule has 0 aliphatic rings. The zero-order valence-corrected chi connectivity index (χ0v) is 40.1. The molecule has 0 aromatic heterocycles. The van der Waals surface area contributed by atoms with Gasteiger partial charge in [0.1, 0.15) is 13.2 Å². The Labute approximate surface area is 365 Å². The summed E-state index contributed by atoms with van der Waals surface area (Å²) in [6.45, 7) is 4.57. The molecule has 0 heterocycles. The van der Waals surface area contributed by atoms with Gasteiger partial charge >= 0.3 is 0 Å². The van der Waals surface area contributed by atoms with Crippen LogP contribution in [0.5, 0.6) is 0 Å². The molecule has 0 saturated carbocycles. The number of carbonyl (C=O) groups excluding carboxylic acids is 1. The fourth-order valence-electron chi connectivity index (χ4n) is 6.81. The van der Waals surface area contributed by atoms with Gasteiger partial charge in [0.05, 0.1) is 39.9 Å². The zero-order chi connectivity index (χ0) is 43.6. The summed E-state index contributed by atoms with van der Waals surface area (Å²) >= 11 is 0. The van der Waals surface area contributed by atoms with E-state index < -0.39 is 26.6 Å². The average Bonchev–Trinajstić information content (AvgIpc) is 3.19. The number of carbonyl (C=O) groups is 1. The molecule has 59 heavy (non-hydrogen) atoms. The molecule has 0 bridgehead atoms. The van der Waals surface area contributed by atoms with Crippen molar-refractivity contribution in [1.82, 2.24) is 5.32 Å². The van der Waals surface area contributed by atoms with Gasteiger partial charge in [-0.2, -0.15) is 0 Å². The van der Waals surface area contributed by atoms with Crippen molar-refractivity contribution >= 4 is 13.7 Å². The number of amides is 1. The first kappa shape index (κ1) is 57.5. The highest BCUT2D eigenvalue weighted by atomic mass is 31.2. The largest absolute Gasteiger partial charge is 0.756 e. The van der Waals surface area contributed by atoms with Crippen LogP contribution >= 0.6 is 7.82 Å². The van der Waals surface area contributed by atoms with Crippen LogP contribution in [0.2, 0.25) is 0 Å². The van der Waals surface area contributed by atoms with Gasteiger partial charge in [-0.05, 0) is 64.2 Å². The van der Waals surface area contributed by atoms with E-state index in [-0.39, 0.29) is 12.5 Å². The molecule has 346 valence electrons. The van der Waals surface area contributed by atoms with Crippen molar-refractivity contribution in [3.63, 3.8) is 0 Å². The molecule has 0 radical (unpaired) electrons. The van der Waals surface area contributed by atoms with Gasteiger partial charge < -0.3 is 28.8 Å². The number of aliphatic hydroxyl groups excluding tert-OH is 1. The van der Waals surface area contributed by atoms with Crippen molar-refractivity contribution in [3.8, 4) is 0 Å². The average molecular weight is 851 g/mol. The van der Waals surface area contributed by atoms with E-state index in [1.807, 2.05) is 27.2 Å². The summed E-state index contributed by atoms with van der Waals surface area (Å²) < 4.78 is 23.2. The number of aliphatic hydroxyl groups is 1. The lowest BCUT2D eigenvalue weighted by Crippen LogP contribution is -2.45. The third-order valence-corrected chi connectivity index (χ3v) is 11.7. The summed E-state index contributed by atoms with van der Waals surface area (Å²) in [6.07, 6.45) is 53.2. The number of quaternary nitrogens is 1. The monoisotopic (exact) mass is 851 g/mol. The number of hydrogen-bond donors (Lipinski definition) is 2. The van der Waals surface area contributed by atoms with Crippen LogP contribution in [0.15, 0.2) is 48.6 Å². The van der Waals surface area contributed by atoms with Gasteiger partial charge in [0.2, 0.25) is 5.91 Å². The molecule has 0 rings (SSSR count).